The Morgan fingerprint density at radius 2 is 1.95 bits per heavy atom. The Hall–Kier alpha value is -1.90. The van der Waals surface area contributed by atoms with Gasteiger partial charge in [0, 0.05) is 24.0 Å². The lowest BCUT2D eigenvalue weighted by Gasteiger charge is -2.20. The first-order valence-corrected chi connectivity index (χ1v) is 7.97. The summed E-state index contributed by atoms with van der Waals surface area (Å²) in [5, 5.41) is 1.19. The summed E-state index contributed by atoms with van der Waals surface area (Å²) in [5.74, 6) is 1.38. The number of rotatable bonds is 4. The number of aliphatic imine (C=N–C) groups is 1. The molecule has 1 aromatic heterocycles. The Kier molecular flexibility index (Phi) is 4.49. The van der Waals surface area contributed by atoms with Crippen molar-refractivity contribution in [3.8, 4) is 0 Å². The highest BCUT2D eigenvalue weighted by molar-refractivity contribution is 5.83. The summed E-state index contributed by atoms with van der Waals surface area (Å²) in [4.78, 5) is 9.11. The molecule has 1 saturated carbocycles. The average Bonchev–Trinajstić information content (AvgIpc) is 2.56. The van der Waals surface area contributed by atoms with Crippen LogP contribution in [0.15, 0.2) is 41.5 Å². The summed E-state index contributed by atoms with van der Waals surface area (Å²) in [6.07, 6.45) is 9.14. The molecule has 0 bridgehead atoms. The van der Waals surface area contributed by atoms with Crippen molar-refractivity contribution in [3.63, 3.8) is 0 Å². The van der Waals surface area contributed by atoms with Crippen LogP contribution < -0.4 is 5.73 Å². The molecular weight excluding hydrogens is 258 g/mol. The summed E-state index contributed by atoms with van der Waals surface area (Å²) in [6.45, 7) is 0.762. The fourth-order valence-electron chi connectivity index (χ4n) is 3.20. The quantitative estimate of drug-likeness (QED) is 0.686. The first-order chi connectivity index (χ1) is 10.3. The van der Waals surface area contributed by atoms with Crippen molar-refractivity contribution in [1.29, 1.82) is 0 Å². The zero-order chi connectivity index (χ0) is 14.5. The highest BCUT2D eigenvalue weighted by Gasteiger charge is 2.16. The molecule has 110 valence electrons. The largest absolute Gasteiger partial charge is 0.387 e. The van der Waals surface area contributed by atoms with Crippen molar-refractivity contribution < 1.29 is 0 Å². The van der Waals surface area contributed by atoms with Crippen LogP contribution in [-0.4, -0.2) is 17.4 Å². The van der Waals surface area contributed by atoms with Crippen LogP contribution in [0.3, 0.4) is 0 Å². The van der Waals surface area contributed by atoms with Crippen molar-refractivity contribution in [2.45, 2.75) is 38.5 Å². The SMILES string of the molecule is NC(=NCCc1cccc2cccnc12)C1CCCCC1. The maximum Gasteiger partial charge on any atom is 0.0968 e. The van der Waals surface area contributed by atoms with Crippen LogP contribution in [0.25, 0.3) is 10.9 Å². The second-order valence-corrected chi connectivity index (χ2v) is 5.88. The Bertz CT molecular complexity index is 622. The molecule has 2 aromatic rings. The predicted octanol–water partition coefficient (Wildman–Crippen LogP) is 3.71. The smallest absolute Gasteiger partial charge is 0.0968 e. The third-order valence-corrected chi connectivity index (χ3v) is 4.42. The fraction of sp³-hybridized carbons (Fsp3) is 0.444. The molecule has 1 aromatic carbocycles. The minimum atomic E-state index is 0.518. The van der Waals surface area contributed by atoms with Gasteiger partial charge in [0.25, 0.3) is 0 Å². The van der Waals surface area contributed by atoms with Gasteiger partial charge in [0.2, 0.25) is 0 Å². The van der Waals surface area contributed by atoms with E-state index in [1.165, 1.54) is 43.1 Å². The monoisotopic (exact) mass is 281 g/mol. The van der Waals surface area contributed by atoms with E-state index in [9.17, 15) is 0 Å². The van der Waals surface area contributed by atoms with E-state index in [-0.39, 0.29) is 0 Å². The van der Waals surface area contributed by atoms with Gasteiger partial charge in [0.1, 0.15) is 0 Å². The van der Waals surface area contributed by atoms with E-state index in [1.54, 1.807) is 0 Å². The normalized spacial score (nSPS) is 17.2. The molecule has 3 nitrogen and oxygen atoms in total. The summed E-state index contributed by atoms with van der Waals surface area (Å²) in [7, 11) is 0. The standard InChI is InChI=1S/C18H23N3/c19-18(16-6-2-1-3-7-16)21-13-11-15-9-4-8-14-10-5-12-20-17(14)15/h4-5,8-10,12,16H,1-3,6-7,11,13H2,(H2,19,21). The molecule has 21 heavy (non-hydrogen) atoms. The fourth-order valence-corrected chi connectivity index (χ4v) is 3.20. The number of nitrogens with two attached hydrogens (primary N) is 1. The van der Waals surface area contributed by atoms with E-state index >= 15 is 0 Å². The van der Waals surface area contributed by atoms with E-state index in [0.29, 0.717) is 5.92 Å². The van der Waals surface area contributed by atoms with Gasteiger partial charge in [-0.1, -0.05) is 43.5 Å². The van der Waals surface area contributed by atoms with Crippen LogP contribution >= 0.6 is 0 Å². The number of hydrogen-bond donors (Lipinski definition) is 1. The molecule has 0 aliphatic heterocycles. The molecular formula is C18H23N3. The van der Waals surface area contributed by atoms with Crippen LogP contribution in [-0.2, 0) is 6.42 Å². The highest BCUT2D eigenvalue weighted by atomic mass is 14.9. The van der Waals surface area contributed by atoms with Gasteiger partial charge in [-0.3, -0.25) is 9.98 Å². The number of benzene rings is 1. The van der Waals surface area contributed by atoms with E-state index in [2.05, 4.69) is 34.2 Å². The second kappa shape index (κ2) is 6.70. The van der Waals surface area contributed by atoms with Gasteiger partial charge in [0.15, 0.2) is 0 Å². The van der Waals surface area contributed by atoms with Crippen molar-refractivity contribution in [2.75, 3.05) is 6.54 Å². The molecule has 0 unspecified atom stereocenters. The first-order valence-electron chi connectivity index (χ1n) is 7.97. The van der Waals surface area contributed by atoms with Gasteiger partial charge < -0.3 is 5.73 Å². The lowest BCUT2D eigenvalue weighted by Crippen LogP contribution is -2.26. The van der Waals surface area contributed by atoms with Gasteiger partial charge in [-0.2, -0.15) is 0 Å². The molecule has 1 fully saturated rings. The second-order valence-electron chi connectivity index (χ2n) is 5.88. The molecule has 0 spiro atoms. The summed E-state index contributed by atoms with van der Waals surface area (Å²) in [6, 6.07) is 10.4. The molecule has 3 rings (SSSR count). The van der Waals surface area contributed by atoms with Crippen molar-refractivity contribution in [2.24, 2.45) is 16.6 Å². The first kappa shape index (κ1) is 14.1. The van der Waals surface area contributed by atoms with Gasteiger partial charge in [-0.05, 0) is 30.9 Å². The summed E-state index contributed by atoms with van der Waals surface area (Å²) >= 11 is 0. The highest BCUT2D eigenvalue weighted by Crippen LogP contribution is 2.23. The van der Waals surface area contributed by atoms with Gasteiger partial charge in [-0.25, -0.2) is 0 Å². The van der Waals surface area contributed by atoms with E-state index < -0.39 is 0 Å². The Balaban J connectivity index is 1.66. The summed E-state index contributed by atoms with van der Waals surface area (Å²) < 4.78 is 0. The number of nitrogens with zero attached hydrogens (tertiary/aromatic N) is 2. The zero-order valence-electron chi connectivity index (χ0n) is 12.5. The number of amidine groups is 1. The van der Waals surface area contributed by atoms with Crippen LogP contribution in [0.4, 0.5) is 0 Å². The third-order valence-electron chi connectivity index (χ3n) is 4.42. The number of pyridine rings is 1. The number of para-hydroxylation sites is 1. The minimum absolute atomic E-state index is 0.518. The Morgan fingerprint density at radius 1 is 1.14 bits per heavy atom. The lowest BCUT2D eigenvalue weighted by molar-refractivity contribution is 0.436. The van der Waals surface area contributed by atoms with Crippen molar-refractivity contribution >= 4 is 16.7 Å². The van der Waals surface area contributed by atoms with Crippen LogP contribution in [0.2, 0.25) is 0 Å². The molecule has 0 saturated heterocycles. The van der Waals surface area contributed by atoms with Gasteiger partial charge in [-0.15, -0.1) is 0 Å². The summed E-state index contributed by atoms with van der Waals surface area (Å²) in [5.41, 5.74) is 8.51. The topological polar surface area (TPSA) is 51.3 Å². The molecule has 0 atom stereocenters. The number of fused-ring (bicyclic) bond motifs is 1. The molecule has 3 heteroatoms. The van der Waals surface area contributed by atoms with E-state index in [4.69, 9.17) is 5.73 Å². The Morgan fingerprint density at radius 3 is 2.81 bits per heavy atom. The zero-order valence-corrected chi connectivity index (χ0v) is 12.5. The van der Waals surface area contributed by atoms with E-state index in [0.717, 1.165) is 24.3 Å². The molecule has 2 N–H and O–H groups in total. The van der Waals surface area contributed by atoms with Gasteiger partial charge >= 0.3 is 0 Å². The predicted molar refractivity (Wildman–Crippen MR) is 88.5 cm³/mol. The molecule has 1 heterocycles. The van der Waals surface area contributed by atoms with Crippen LogP contribution in [0.5, 0.6) is 0 Å². The number of hydrogen-bond acceptors (Lipinski definition) is 2. The van der Waals surface area contributed by atoms with Crippen LogP contribution in [0, 0.1) is 5.92 Å². The lowest BCUT2D eigenvalue weighted by atomic mass is 9.88. The number of aromatic nitrogens is 1. The minimum Gasteiger partial charge on any atom is -0.387 e. The molecule has 0 radical (unpaired) electrons. The maximum absolute atomic E-state index is 6.16. The average molecular weight is 281 g/mol. The Labute approximate surface area is 126 Å². The molecule has 1 aliphatic carbocycles. The van der Waals surface area contributed by atoms with Crippen LogP contribution in [0.1, 0.15) is 37.7 Å². The molecule has 1 aliphatic rings. The van der Waals surface area contributed by atoms with Crippen molar-refractivity contribution in [1.82, 2.24) is 4.98 Å². The maximum atomic E-state index is 6.16. The van der Waals surface area contributed by atoms with E-state index in [1.807, 2.05) is 12.3 Å². The van der Waals surface area contributed by atoms with Crippen molar-refractivity contribution in [3.05, 3.63) is 42.1 Å². The molecule has 0 amide bonds. The van der Waals surface area contributed by atoms with Gasteiger partial charge in [0.05, 0.1) is 11.4 Å². The third kappa shape index (κ3) is 3.41.